The van der Waals surface area contributed by atoms with Crippen molar-refractivity contribution in [3.8, 4) is 11.5 Å². The number of hydrogen-bond acceptors (Lipinski definition) is 6. The Balaban J connectivity index is 1.25. The van der Waals surface area contributed by atoms with Gasteiger partial charge in [-0.3, -0.25) is 9.59 Å². The molecule has 0 bridgehead atoms. The van der Waals surface area contributed by atoms with Crippen LogP contribution in [0.2, 0.25) is 0 Å². The second-order valence-electron chi connectivity index (χ2n) is 7.62. The zero-order valence-electron chi connectivity index (χ0n) is 17.7. The van der Waals surface area contributed by atoms with E-state index in [1.165, 1.54) is 6.08 Å². The molecule has 1 aromatic heterocycles. The smallest absolute Gasteiger partial charge is 0.249 e. The maximum atomic E-state index is 12.7. The lowest BCUT2D eigenvalue weighted by Gasteiger charge is -2.10. The number of thioether (sulfide) groups is 1. The summed E-state index contributed by atoms with van der Waals surface area (Å²) in [5.74, 6) is 2.99. The zero-order valence-corrected chi connectivity index (χ0v) is 18.6. The predicted molar refractivity (Wildman–Crippen MR) is 126 cm³/mol. The van der Waals surface area contributed by atoms with Gasteiger partial charge in [0.25, 0.3) is 0 Å². The van der Waals surface area contributed by atoms with Gasteiger partial charge in [0, 0.05) is 29.7 Å². The highest BCUT2D eigenvalue weighted by atomic mass is 32.2. The predicted octanol–water partition coefficient (Wildman–Crippen LogP) is 3.33. The monoisotopic (exact) mass is 462 g/mol. The maximum Gasteiger partial charge on any atom is 0.249 e. The lowest BCUT2D eigenvalue weighted by molar-refractivity contribution is -0.122. The standard InChI is InChI=1S/C24H22N4O4S/c29-22(9-7-16-6-8-20-21(10-16)32-15-31-20)26-24-18-13-33-14-19(18)27-28(24)12-23(30)25-11-17-4-2-1-3-5-17/h1-10H,11-15H2,(H,25,30)(H,26,29)/b9-7-. The summed E-state index contributed by atoms with van der Waals surface area (Å²) in [6, 6.07) is 15.2. The Kier molecular flexibility index (Phi) is 6.03. The molecule has 2 amide bonds. The minimum atomic E-state index is -0.293. The highest BCUT2D eigenvalue weighted by molar-refractivity contribution is 7.98. The van der Waals surface area contributed by atoms with E-state index in [0.717, 1.165) is 33.9 Å². The molecule has 0 atom stereocenters. The van der Waals surface area contributed by atoms with Crippen molar-refractivity contribution >= 4 is 35.5 Å². The number of nitrogens with zero attached hydrogens (tertiary/aromatic N) is 2. The Morgan fingerprint density at radius 3 is 2.82 bits per heavy atom. The largest absolute Gasteiger partial charge is 0.454 e. The molecule has 8 nitrogen and oxygen atoms in total. The summed E-state index contributed by atoms with van der Waals surface area (Å²) in [6.45, 7) is 0.678. The van der Waals surface area contributed by atoms with Crippen molar-refractivity contribution in [3.05, 3.63) is 77.0 Å². The Morgan fingerprint density at radius 2 is 1.94 bits per heavy atom. The van der Waals surface area contributed by atoms with Gasteiger partial charge in [-0.25, -0.2) is 4.68 Å². The van der Waals surface area contributed by atoms with E-state index in [0.29, 0.717) is 23.9 Å². The SMILES string of the molecule is O=C(/C=C\c1ccc2c(c1)OCO2)Nc1c2c(nn1CC(=O)NCc1ccccc1)CSC2. The number of nitrogens with one attached hydrogen (secondary N) is 2. The number of aromatic nitrogens is 2. The van der Waals surface area contributed by atoms with Crippen LogP contribution < -0.4 is 20.1 Å². The van der Waals surface area contributed by atoms with Crippen LogP contribution in [0, 0.1) is 0 Å². The van der Waals surface area contributed by atoms with E-state index < -0.39 is 0 Å². The van der Waals surface area contributed by atoms with Crippen LogP contribution in [0.4, 0.5) is 5.82 Å². The van der Waals surface area contributed by atoms with Crippen molar-refractivity contribution in [1.82, 2.24) is 15.1 Å². The molecule has 0 radical (unpaired) electrons. The van der Waals surface area contributed by atoms with Crippen molar-refractivity contribution in [3.63, 3.8) is 0 Å². The first-order valence-corrected chi connectivity index (χ1v) is 11.7. The fourth-order valence-electron chi connectivity index (χ4n) is 3.66. The molecule has 2 N–H and O–H groups in total. The first-order valence-electron chi connectivity index (χ1n) is 10.5. The van der Waals surface area contributed by atoms with E-state index in [1.54, 1.807) is 22.5 Å². The van der Waals surface area contributed by atoms with Gasteiger partial charge < -0.3 is 20.1 Å². The normalized spacial score (nSPS) is 13.8. The lowest BCUT2D eigenvalue weighted by atomic mass is 10.2. The first-order chi connectivity index (χ1) is 16.2. The molecule has 2 aromatic carbocycles. The molecule has 0 saturated carbocycles. The van der Waals surface area contributed by atoms with Crippen molar-refractivity contribution in [2.75, 3.05) is 12.1 Å². The van der Waals surface area contributed by atoms with Gasteiger partial charge in [-0.15, -0.1) is 0 Å². The van der Waals surface area contributed by atoms with Crippen LogP contribution >= 0.6 is 11.8 Å². The number of carbonyl (C=O) groups excluding carboxylic acids is 2. The van der Waals surface area contributed by atoms with Crippen LogP contribution in [0.3, 0.4) is 0 Å². The number of amides is 2. The molecule has 3 heterocycles. The Labute approximate surface area is 195 Å². The van der Waals surface area contributed by atoms with Gasteiger partial charge in [-0.2, -0.15) is 16.9 Å². The average Bonchev–Trinajstić information content (AvgIpc) is 3.55. The quantitative estimate of drug-likeness (QED) is 0.523. The van der Waals surface area contributed by atoms with Crippen LogP contribution in [0.1, 0.15) is 22.4 Å². The number of carbonyl (C=O) groups is 2. The van der Waals surface area contributed by atoms with Gasteiger partial charge in [0.2, 0.25) is 18.6 Å². The fourth-order valence-corrected chi connectivity index (χ4v) is 4.69. The zero-order chi connectivity index (χ0) is 22.6. The van der Waals surface area contributed by atoms with Crippen molar-refractivity contribution in [2.24, 2.45) is 0 Å². The third kappa shape index (κ3) is 4.88. The highest BCUT2D eigenvalue weighted by Gasteiger charge is 2.24. The molecule has 0 saturated heterocycles. The van der Waals surface area contributed by atoms with Crippen LogP contribution in [0.25, 0.3) is 6.08 Å². The number of ether oxygens (including phenoxy) is 2. The van der Waals surface area contributed by atoms with E-state index >= 15 is 0 Å². The Bertz CT molecular complexity index is 1220. The van der Waals surface area contributed by atoms with E-state index in [4.69, 9.17) is 9.47 Å². The molecule has 33 heavy (non-hydrogen) atoms. The van der Waals surface area contributed by atoms with E-state index in [-0.39, 0.29) is 25.2 Å². The summed E-state index contributed by atoms with van der Waals surface area (Å²) in [6.07, 6.45) is 3.17. The number of benzene rings is 2. The lowest BCUT2D eigenvalue weighted by Crippen LogP contribution is -2.28. The third-order valence-corrected chi connectivity index (χ3v) is 6.28. The second kappa shape index (κ2) is 9.41. The van der Waals surface area contributed by atoms with Crippen molar-refractivity contribution in [1.29, 1.82) is 0 Å². The maximum absolute atomic E-state index is 12.7. The molecule has 9 heteroatoms. The van der Waals surface area contributed by atoms with E-state index in [2.05, 4.69) is 15.7 Å². The summed E-state index contributed by atoms with van der Waals surface area (Å²) >= 11 is 1.74. The summed E-state index contributed by atoms with van der Waals surface area (Å²) in [5.41, 5.74) is 3.72. The molecule has 3 aromatic rings. The average molecular weight is 463 g/mol. The molecule has 0 fully saturated rings. The van der Waals surface area contributed by atoms with Gasteiger partial charge in [-0.05, 0) is 29.3 Å². The van der Waals surface area contributed by atoms with Gasteiger partial charge in [0.05, 0.1) is 5.69 Å². The molecular formula is C24H22N4O4S. The molecule has 5 rings (SSSR count). The number of fused-ring (bicyclic) bond motifs is 2. The summed E-state index contributed by atoms with van der Waals surface area (Å²) < 4.78 is 12.3. The van der Waals surface area contributed by atoms with Gasteiger partial charge >= 0.3 is 0 Å². The van der Waals surface area contributed by atoms with Crippen LogP contribution in [0.5, 0.6) is 11.5 Å². The van der Waals surface area contributed by atoms with Crippen LogP contribution in [-0.2, 0) is 34.2 Å². The van der Waals surface area contributed by atoms with Crippen LogP contribution in [0.15, 0.2) is 54.6 Å². The van der Waals surface area contributed by atoms with Crippen molar-refractivity contribution in [2.45, 2.75) is 24.6 Å². The third-order valence-electron chi connectivity index (χ3n) is 5.31. The Morgan fingerprint density at radius 1 is 1.09 bits per heavy atom. The fraction of sp³-hybridized carbons (Fsp3) is 0.208. The summed E-state index contributed by atoms with van der Waals surface area (Å²) in [7, 11) is 0. The molecule has 2 aliphatic heterocycles. The van der Waals surface area contributed by atoms with Gasteiger partial charge in [0.15, 0.2) is 11.5 Å². The number of anilines is 1. The van der Waals surface area contributed by atoms with Crippen molar-refractivity contribution < 1.29 is 19.1 Å². The number of hydrogen-bond donors (Lipinski definition) is 2. The summed E-state index contributed by atoms with van der Waals surface area (Å²) in [4.78, 5) is 25.2. The minimum Gasteiger partial charge on any atom is -0.454 e. The molecule has 168 valence electrons. The van der Waals surface area contributed by atoms with E-state index in [9.17, 15) is 9.59 Å². The molecular weight excluding hydrogens is 440 g/mol. The first kappa shape index (κ1) is 21.1. The minimum absolute atomic E-state index is 0.0337. The topological polar surface area (TPSA) is 94.5 Å². The highest BCUT2D eigenvalue weighted by Crippen LogP contribution is 2.35. The van der Waals surface area contributed by atoms with E-state index in [1.807, 2.05) is 48.5 Å². The Hall–Kier alpha value is -3.72. The van der Waals surface area contributed by atoms with Gasteiger partial charge in [0.1, 0.15) is 12.4 Å². The molecule has 0 aliphatic carbocycles. The molecule has 0 unspecified atom stereocenters. The molecule has 0 spiro atoms. The molecule has 2 aliphatic rings. The summed E-state index contributed by atoms with van der Waals surface area (Å²) in [5, 5.41) is 10.4. The van der Waals surface area contributed by atoms with Crippen LogP contribution in [-0.4, -0.2) is 28.4 Å². The number of rotatable bonds is 7. The van der Waals surface area contributed by atoms with Gasteiger partial charge in [-0.1, -0.05) is 36.4 Å². The second-order valence-corrected chi connectivity index (χ2v) is 8.61.